The van der Waals surface area contributed by atoms with Crippen molar-refractivity contribution in [3.05, 3.63) is 48.7 Å². The predicted octanol–water partition coefficient (Wildman–Crippen LogP) is 5.53. The second-order valence-electron chi connectivity index (χ2n) is 15.9. The van der Waals surface area contributed by atoms with Crippen molar-refractivity contribution in [3.63, 3.8) is 0 Å². The van der Waals surface area contributed by atoms with Crippen LogP contribution in [0.15, 0.2) is 48.7 Å². The van der Waals surface area contributed by atoms with Crippen molar-refractivity contribution in [2.45, 2.75) is 121 Å². The number of sulfonamides is 1. The molecule has 2 saturated carbocycles. The molecule has 7 atom stereocenters. The zero-order valence-corrected chi connectivity index (χ0v) is 32.9. The third-order valence-electron chi connectivity index (χ3n) is 11.0. The molecule has 4 N–H and O–H groups in total. The van der Waals surface area contributed by atoms with E-state index in [1.54, 1.807) is 13.1 Å². The largest absolute Gasteiger partial charge is 0.472 e. The third-order valence-corrected chi connectivity index (χ3v) is 12.9. The molecule has 2 aliphatic carbocycles. The summed E-state index contributed by atoms with van der Waals surface area (Å²) >= 11 is 0. The first-order chi connectivity index (χ1) is 26.3. The van der Waals surface area contributed by atoms with Crippen molar-refractivity contribution in [2.24, 2.45) is 29.4 Å². The number of carbonyl (C=O) groups excluding carboxylic acids is 4. The summed E-state index contributed by atoms with van der Waals surface area (Å²) < 4.78 is 78.7. The van der Waals surface area contributed by atoms with E-state index in [1.807, 2.05) is 49.4 Å². The highest BCUT2D eigenvalue weighted by Crippen LogP contribution is 2.36. The Morgan fingerprint density at radius 1 is 1.05 bits per heavy atom. The fraction of sp³-hybridized carbons (Fsp3) is 0.615. The first kappa shape index (κ1) is 42.7. The summed E-state index contributed by atoms with van der Waals surface area (Å²) in [5.74, 6) is -2.84. The number of carbonyl (C=O) groups is 4. The van der Waals surface area contributed by atoms with Gasteiger partial charge in [-0.25, -0.2) is 18.2 Å². The molecular formula is C39H52F3N5O8S. The number of pyridine rings is 1. The lowest BCUT2D eigenvalue weighted by molar-refractivity contribution is -0.244. The molecule has 1 aliphatic heterocycles. The highest BCUT2D eigenvalue weighted by molar-refractivity contribution is 7.90. The van der Waals surface area contributed by atoms with E-state index < -0.39 is 80.9 Å². The summed E-state index contributed by atoms with van der Waals surface area (Å²) in [5, 5.41) is 3.45. The maximum absolute atomic E-state index is 14.2. The summed E-state index contributed by atoms with van der Waals surface area (Å²) in [5.41, 5.74) is 2.88. The smallest absolute Gasteiger partial charge is 0.427 e. The monoisotopic (exact) mass is 807 g/mol. The fourth-order valence-electron chi connectivity index (χ4n) is 7.39. The predicted molar refractivity (Wildman–Crippen MR) is 201 cm³/mol. The highest BCUT2D eigenvalue weighted by atomic mass is 32.2. The van der Waals surface area contributed by atoms with E-state index in [9.17, 15) is 40.8 Å². The van der Waals surface area contributed by atoms with Crippen molar-refractivity contribution >= 4 is 44.6 Å². The molecule has 1 aromatic heterocycles. The van der Waals surface area contributed by atoms with Gasteiger partial charge in [-0.1, -0.05) is 57.0 Å². The van der Waals surface area contributed by atoms with Crippen LogP contribution in [0.5, 0.6) is 5.88 Å². The maximum atomic E-state index is 14.2. The number of primary amides is 1. The maximum Gasteiger partial charge on any atom is 0.427 e. The number of likely N-dealkylation sites (tertiary alicyclic amines) is 1. The van der Waals surface area contributed by atoms with Gasteiger partial charge in [0, 0.05) is 23.9 Å². The molecule has 308 valence electrons. The molecule has 2 aromatic rings. The number of alkyl halides is 3. The summed E-state index contributed by atoms with van der Waals surface area (Å²) in [7, 11) is -3.64. The van der Waals surface area contributed by atoms with Gasteiger partial charge in [-0.05, 0) is 87.6 Å². The van der Waals surface area contributed by atoms with Gasteiger partial charge in [0.05, 0.1) is 11.8 Å². The lowest BCUT2D eigenvalue weighted by atomic mass is 9.90. The molecule has 56 heavy (non-hydrogen) atoms. The average molecular weight is 808 g/mol. The minimum Gasteiger partial charge on any atom is -0.472 e. The molecule has 5 rings (SSSR count). The van der Waals surface area contributed by atoms with Crippen molar-refractivity contribution in [1.29, 1.82) is 0 Å². The normalized spacial score (nSPS) is 23.4. The van der Waals surface area contributed by atoms with Crippen molar-refractivity contribution < 1.29 is 50.2 Å². The number of alkyl carbamates (subject to hydrolysis) is 1. The van der Waals surface area contributed by atoms with E-state index >= 15 is 0 Å². The number of fused-ring (bicyclic) bond motifs is 1. The van der Waals surface area contributed by atoms with Crippen molar-refractivity contribution in [1.82, 2.24) is 19.9 Å². The van der Waals surface area contributed by atoms with Crippen LogP contribution in [0.1, 0.15) is 85.5 Å². The van der Waals surface area contributed by atoms with Gasteiger partial charge in [0.25, 0.3) is 0 Å². The molecule has 0 radical (unpaired) electrons. The zero-order chi connectivity index (χ0) is 41.0. The van der Waals surface area contributed by atoms with E-state index in [0.717, 1.165) is 23.6 Å². The van der Waals surface area contributed by atoms with Crippen LogP contribution in [0.4, 0.5) is 18.0 Å². The molecule has 0 spiro atoms. The molecule has 2 heterocycles. The van der Waals surface area contributed by atoms with Crippen LogP contribution in [-0.4, -0.2) is 83.9 Å². The third kappa shape index (κ3) is 10.5. The Morgan fingerprint density at radius 2 is 1.77 bits per heavy atom. The van der Waals surface area contributed by atoms with Crippen LogP contribution in [-0.2, 0) is 29.1 Å². The number of hydrogen-bond acceptors (Lipinski definition) is 9. The average Bonchev–Trinajstić information content (AvgIpc) is 3.74. The van der Waals surface area contributed by atoms with Crippen LogP contribution >= 0.6 is 0 Å². The van der Waals surface area contributed by atoms with Crippen LogP contribution in [0.3, 0.4) is 0 Å². The molecule has 1 saturated heterocycles. The molecule has 3 aliphatic rings. The van der Waals surface area contributed by atoms with Gasteiger partial charge in [0.2, 0.25) is 39.2 Å². The molecule has 17 heteroatoms. The first-order valence-corrected chi connectivity index (χ1v) is 20.7. The Labute approximate surface area is 325 Å². The Hall–Kier alpha value is -4.41. The van der Waals surface area contributed by atoms with Crippen LogP contribution in [0.2, 0.25) is 0 Å². The van der Waals surface area contributed by atoms with E-state index in [1.165, 1.54) is 4.90 Å². The molecule has 1 aromatic carbocycles. The van der Waals surface area contributed by atoms with Gasteiger partial charge in [-0.2, -0.15) is 13.2 Å². The number of hydrogen-bond donors (Lipinski definition) is 3. The number of amides is 4. The SMILES string of the molecule is C[C@H](CCC[C@@H](C)/C=C\[C@@H]1CCCC1C(=O)NS(=O)(=O)C1CC1)[C@H](NC(=O)OC(C)(C)C(F)(F)F)C(=O)N1C[C@H](Oc2nccc3ccccc23)C[C@H]1C(N)=O. The Bertz CT molecular complexity index is 1900. The van der Waals surface area contributed by atoms with Gasteiger partial charge in [-0.15, -0.1) is 0 Å². The molecule has 1 unspecified atom stereocenters. The minimum absolute atomic E-state index is 0.0276. The van der Waals surface area contributed by atoms with E-state index in [4.69, 9.17) is 15.2 Å². The Kier molecular flexibility index (Phi) is 13.3. The van der Waals surface area contributed by atoms with Gasteiger partial charge in [-0.3, -0.25) is 19.1 Å². The van der Waals surface area contributed by atoms with Crippen molar-refractivity contribution in [2.75, 3.05) is 6.54 Å². The van der Waals surface area contributed by atoms with Gasteiger partial charge in [0.1, 0.15) is 18.2 Å². The lowest BCUT2D eigenvalue weighted by Crippen LogP contribution is -2.56. The summed E-state index contributed by atoms with van der Waals surface area (Å²) in [6, 6.07) is 6.70. The van der Waals surface area contributed by atoms with Gasteiger partial charge < -0.3 is 25.4 Å². The molecule has 3 fully saturated rings. The number of benzene rings is 1. The van der Waals surface area contributed by atoms with Gasteiger partial charge >= 0.3 is 12.3 Å². The number of nitrogens with zero attached hydrogens (tertiary/aromatic N) is 2. The highest BCUT2D eigenvalue weighted by Gasteiger charge is 2.52. The van der Waals surface area contributed by atoms with Crippen LogP contribution in [0, 0.1) is 23.7 Å². The molecular weight excluding hydrogens is 756 g/mol. The topological polar surface area (TPSA) is 187 Å². The Balaban J connectivity index is 1.24. The van der Waals surface area contributed by atoms with E-state index in [-0.39, 0.29) is 24.8 Å². The zero-order valence-electron chi connectivity index (χ0n) is 32.1. The quantitative estimate of drug-likeness (QED) is 0.184. The van der Waals surface area contributed by atoms with Crippen molar-refractivity contribution in [3.8, 4) is 5.88 Å². The second-order valence-corrected chi connectivity index (χ2v) is 17.9. The summed E-state index contributed by atoms with van der Waals surface area (Å²) in [6.07, 6.45) is 3.32. The number of ether oxygens (including phenoxy) is 2. The lowest BCUT2D eigenvalue weighted by Gasteiger charge is -2.33. The number of nitrogens with two attached hydrogens (primary N) is 1. The van der Waals surface area contributed by atoms with Gasteiger partial charge in [0.15, 0.2) is 0 Å². The number of halogens is 3. The van der Waals surface area contributed by atoms with E-state index in [0.29, 0.717) is 58.3 Å². The number of aromatic nitrogens is 1. The minimum atomic E-state index is -4.89. The van der Waals surface area contributed by atoms with E-state index in [2.05, 4.69) is 15.0 Å². The standard InChI is InChI=1S/C39H52F3N5O8S/c1-23(15-16-25-12-8-14-29(25)34(49)46-56(52,53)28-17-18-28)9-7-10-24(2)32(45-37(51)55-38(3,4)39(40,41)42)36(50)47-22-27(21-31(47)33(43)48)54-35-30-13-6-5-11-26(30)19-20-44-35/h5-6,11,13,15-16,19-20,23-25,27-29,31-32H,7-10,12,14,17-18,21-22H2,1-4H3,(H2,43,48)(H,45,51)(H,46,49)/b16-15-/t23-,24-,25+,27-,29?,31+,32+/m1/s1. The number of nitrogens with one attached hydrogen (secondary N) is 2. The fourth-order valence-corrected chi connectivity index (χ4v) is 8.75. The summed E-state index contributed by atoms with van der Waals surface area (Å²) in [4.78, 5) is 58.2. The number of allylic oxidation sites excluding steroid dienone is 2. The Morgan fingerprint density at radius 3 is 2.45 bits per heavy atom. The molecule has 4 amide bonds. The number of rotatable bonds is 16. The van der Waals surface area contributed by atoms with Crippen LogP contribution < -0.4 is 20.5 Å². The molecule has 13 nitrogen and oxygen atoms in total. The van der Waals surface area contributed by atoms with Crippen LogP contribution in [0.25, 0.3) is 10.8 Å². The second kappa shape index (κ2) is 17.4. The molecule has 0 bridgehead atoms. The summed E-state index contributed by atoms with van der Waals surface area (Å²) in [6.45, 7) is 4.96. The first-order valence-electron chi connectivity index (χ1n) is 19.2.